The lowest BCUT2D eigenvalue weighted by atomic mass is 10.1. The first-order valence-corrected chi connectivity index (χ1v) is 11.8. The zero-order valence-electron chi connectivity index (χ0n) is 19.8. The summed E-state index contributed by atoms with van der Waals surface area (Å²) in [6.07, 6.45) is 8.30. The Morgan fingerprint density at radius 3 is 2.69 bits per heavy atom. The Morgan fingerprint density at radius 1 is 1.11 bits per heavy atom. The highest BCUT2D eigenvalue weighted by Gasteiger charge is 2.19. The summed E-state index contributed by atoms with van der Waals surface area (Å²) >= 11 is 0. The number of carbonyl (C=O) groups is 1. The number of aryl methyl sites for hydroxylation is 3. The average molecular weight is 470 g/mol. The number of benzene rings is 2. The van der Waals surface area contributed by atoms with E-state index >= 15 is 0 Å². The molecule has 0 saturated heterocycles. The van der Waals surface area contributed by atoms with E-state index in [0.717, 1.165) is 43.5 Å². The number of hydrogen-bond acceptors (Lipinski definition) is 6. The van der Waals surface area contributed by atoms with Crippen LogP contribution in [0.5, 0.6) is 0 Å². The summed E-state index contributed by atoms with van der Waals surface area (Å²) in [5.74, 6) is -0.257. The first-order chi connectivity index (χ1) is 17.1. The van der Waals surface area contributed by atoms with E-state index in [9.17, 15) is 9.59 Å². The monoisotopic (exact) mass is 469 g/mol. The van der Waals surface area contributed by atoms with Gasteiger partial charge in [0.1, 0.15) is 5.56 Å². The van der Waals surface area contributed by atoms with Crippen molar-refractivity contribution >= 4 is 28.6 Å². The average Bonchev–Trinajstić information content (AvgIpc) is 3.34. The molecular formula is C27H27N5O3. The summed E-state index contributed by atoms with van der Waals surface area (Å²) in [5, 5.41) is 3.47. The van der Waals surface area contributed by atoms with Crippen molar-refractivity contribution in [2.24, 2.45) is 0 Å². The largest absolute Gasteiger partial charge is 0.324 e. The number of anilines is 2. The van der Waals surface area contributed by atoms with Gasteiger partial charge in [-0.15, -0.1) is 0 Å². The van der Waals surface area contributed by atoms with E-state index in [-0.39, 0.29) is 10.9 Å². The minimum atomic E-state index is -0.622. The second-order valence-corrected chi connectivity index (χ2v) is 8.69. The van der Waals surface area contributed by atoms with Crippen LogP contribution in [0, 0.1) is 0 Å². The predicted molar refractivity (Wildman–Crippen MR) is 135 cm³/mol. The maximum absolute atomic E-state index is 13.2. The van der Waals surface area contributed by atoms with Crippen LogP contribution >= 0.6 is 0 Å². The van der Waals surface area contributed by atoms with Crippen LogP contribution in [-0.4, -0.2) is 27.6 Å². The Bertz CT molecular complexity index is 1460. The van der Waals surface area contributed by atoms with Crippen molar-refractivity contribution < 1.29 is 9.63 Å². The third-order valence-electron chi connectivity index (χ3n) is 6.29. The van der Waals surface area contributed by atoms with Gasteiger partial charge in [0.2, 0.25) is 11.4 Å². The van der Waals surface area contributed by atoms with Crippen LogP contribution in [-0.2, 0) is 24.1 Å². The molecule has 0 unspecified atom stereocenters. The van der Waals surface area contributed by atoms with Crippen LogP contribution in [0.25, 0.3) is 16.7 Å². The lowest BCUT2D eigenvalue weighted by Crippen LogP contribution is -2.29. The van der Waals surface area contributed by atoms with Crippen LogP contribution in [0.2, 0.25) is 0 Å². The highest BCUT2D eigenvalue weighted by molar-refractivity contribution is 5.96. The molecule has 0 saturated carbocycles. The van der Waals surface area contributed by atoms with E-state index in [1.165, 1.54) is 36.2 Å². The highest BCUT2D eigenvalue weighted by Crippen LogP contribution is 2.26. The number of rotatable bonds is 7. The van der Waals surface area contributed by atoms with E-state index in [1.54, 1.807) is 4.57 Å². The zero-order valence-corrected chi connectivity index (χ0v) is 19.8. The van der Waals surface area contributed by atoms with Gasteiger partial charge in [0.15, 0.2) is 5.65 Å². The molecule has 1 amide bonds. The summed E-state index contributed by atoms with van der Waals surface area (Å²) in [5.41, 5.74) is 7.72. The third kappa shape index (κ3) is 4.52. The molecular weight excluding hydrogens is 442 g/mol. The van der Waals surface area contributed by atoms with E-state index in [4.69, 9.17) is 4.84 Å². The van der Waals surface area contributed by atoms with Crippen LogP contribution in [0.3, 0.4) is 0 Å². The number of hydroxylamine groups is 1. The maximum atomic E-state index is 13.2. The number of amides is 1. The summed E-state index contributed by atoms with van der Waals surface area (Å²) in [7, 11) is 1.33. The molecule has 4 aromatic rings. The van der Waals surface area contributed by atoms with Gasteiger partial charge in [-0.3, -0.25) is 14.4 Å². The van der Waals surface area contributed by atoms with E-state index in [0.29, 0.717) is 11.6 Å². The molecule has 2 N–H and O–H groups in total. The molecule has 5 rings (SSSR count). The van der Waals surface area contributed by atoms with Crippen molar-refractivity contribution in [3.8, 4) is 5.69 Å². The lowest BCUT2D eigenvalue weighted by molar-refractivity contribution is 0.0536. The number of fused-ring (bicyclic) bond motifs is 2. The maximum Gasteiger partial charge on any atom is 0.280 e. The summed E-state index contributed by atoms with van der Waals surface area (Å²) < 4.78 is 1.77. The lowest BCUT2D eigenvalue weighted by Gasteiger charge is -2.15. The first-order valence-electron chi connectivity index (χ1n) is 11.8. The van der Waals surface area contributed by atoms with Crippen LogP contribution in [0.4, 0.5) is 11.6 Å². The Balaban J connectivity index is 1.62. The minimum Gasteiger partial charge on any atom is -0.324 e. The van der Waals surface area contributed by atoms with Gasteiger partial charge in [0.25, 0.3) is 5.91 Å². The number of pyridine rings is 1. The first kappa shape index (κ1) is 22.7. The fourth-order valence-corrected chi connectivity index (χ4v) is 4.56. The Kier molecular flexibility index (Phi) is 6.29. The van der Waals surface area contributed by atoms with Crippen LogP contribution < -0.4 is 16.2 Å². The fraction of sp³-hybridized carbons (Fsp3) is 0.259. The molecule has 35 heavy (non-hydrogen) atoms. The number of nitrogens with zero attached hydrogens (tertiary/aromatic N) is 3. The minimum absolute atomic E-state index is 0.0457. The summed E-state index contributed by atoms with van der Waals surface area (Å²) in [6, 6.07) is 14.3. The van der Waals surface area contributed by atoms with Gasteiger partial charge >= 0.3 is 0 Å². The number of nitrogens with one attached hydrogen (secondary N) is 2. The number of hydrogen-bond donors (Lipinski definition) is 2. The van der Waals surface area contributed by atoms with Crippen LogP contribution in [0.1, 0.15) is 46.8 Å². The van der Waals surface area contributed by atoms with Crippen molar-refractivity contribution in [3.63, 3.8) is 0 Å². The van der Waals surface area contributed by atoms with Crippen molar-refractivity contribution in [2.75, 3.05) is 12.4 Å². The molecule has 0 radical (unpaired) electrons. The molecule has 1 aliphatic carbocycles. The molecule has 0 fully saturated rings. The van der Waals surface area contributed by atoms with E-state index in [1.807, 2.05) is 18.2 Å². The van der Waals surface area contributed by atoms with Gasteiger partial charge in [-0.1, -0.05) is 31.5 Å². The summed E-state index contributed by atoms with van der Waals surface area (Å²) in [4.78, 5) is 39.5. The van der Waals surface area contributed by atoms with E-state index in [2.05, 4.69) is 52.0 Å². The molecule has 0 aliphatic heterocycles. The molecule has 2 heterocycles. The SMILES string of the molecule is CCCc1ccc(Nc2ncc3c(=O)c(C(=O)NOC)cn(-c4ccc5c(c4)CCC5)c3n2)cc1. The van der Waals surface area contributed by atoms with E-state index < -0.39 is 11.3 Å². The van der Waals surface area contributed by atoms with Crippen molar-refractivity contribution in [1.29, 1.82) is 0 Å². The molecule has 0 spiro atoms. The van der Waals surface area contributed by atoms with Gasteiger partial charge in [0.05, 0.1) is 12.5 Å². The highest BCUT2D eigenvalue weighted by atomic mass is 16.6. The second-order valence-electron chi connectivity index (χ2n) is 8.69. The molecule has 8 heteroatoms. The number of aromatic nitrogens is 3. The zero-order chi connectivity index (χ0) is 24.4. The van der Waals surface area contributed by atoms with Gasteiger partial charge < -0.3 is 9.88 Å². The van der Waals surface area contributed by atoms with Gasteiger partial charge in [-0.05, 0) is 66.6 Å². The molecule has 2 aromatic heterocycles. The fourth-order valence-electron chi connectivity index (χ4n) is 4.56. The Labute approximate surface area is 203 Å². The Morgan fingerprint density at radius 2 is 1.91 bits per heavy atom. The smallest absolute Gasteiger partial charge is 0.280 e. The predicted octanol–water partition coefficient (Wildman–Crippen LogP) is 4.26. The molecule has 2 aromatic carbocycles. The molecule has 1 aliphatic rings. The van der Waals surface area contributed by atoms with Crippen molar-refractivity contribution in [3.05, 3.63) is 87.3 Å². The van der Waals surface area contributed by atoms with Crippen molar-refractivity contribution in [1.82, 2.24) is 20.0 Å². The Hall–Kier alpha value is -4.04. The van der Waals surface area contributed by atoms with Gasteiger partial charge in [-0.2, -0.15) is 4.98 Å². The molecule has 0 atom stereocenters. The molecule has 0 bridgehead atoms. The van der Waals surface area contributed by atoms with Gasteiger partial charge in [-0.25, -0.2) is 10.5 Å². The quantitative estimate of drug-likeness (QED) is 0.393. The topological polar surface area (TPSA) is 98.1 Å². The number of carbonyl (C=O) groups excluding carboxylic acids is 1. The van der Waals surface area contributed by atoms with Gasteiger partial charge in [0, 0.05) is 23.8 Å². The molecule has 8 nitrogen and oxygen atoms in total. The second kappa shape index (κ2) is 9.68. The normalized spacial score (nSPS) is 12.5. The molecule has 178 valence electrons. The summed E-state index contributed by atoms with van der Waals surface area (Å²) in [6.45, 7) is 2.15. The third-order valence-corrected chi connectivity index (χ3v) is 6.29. The standard InChI is InChI=1S/C27H27N5O3/c1-3-5-17-8-11-20(12-9-17)29-27-28-15-22-24(33)23(26(34)31-35-2)16-32(25(22)30-27)21-13-10-18-6-4-7-19(18)14-21/h8-16H,3-7H2,1-2H3,(H,31,34)(H,28,29,30). The van der Waals surface area contributed by atoms with Crippen molar-refractivity contribution in [2.45, 2.75) is 39.0 Å². The van der Waals surface area contributed by atoms with Crippen LogP contribution in [0.15, 0.2) is 59.7 Å².